The maximum Gasteiger partial charge on any atom is 0.282 e. The van der Waals surface area contributed by atoms with Crippen molar-refractivity contribution in [1.29, 1.82) is 0 Å². The minimum Gasteiger partial charge on any atom is -0.387 e. The highest BCUT2D eigenvalue weighted by Gasteiger charge is 2.32. The molecule has 2 atom stereocenters. The van der Waals surface area contributed by atoms with Crippen LogP contribution in [0.4, 0.5) is 22.0 Å². The number of fused-ring (bicyclic) bond motifs is 1. The summed E-state index contributed by atoms with van der Waals surface area (Å²) in [5.41, 5.74) is 5.85. The molecule has 5 rings (SSSR count). The van der Waals surface area contributed by atoms with Crippen LogP contribution in [0.5, 0.6) is 0 Å². The van der Waals surface area contributed by atoms with Crippen LogP contribution in [0.3, 0.4) is 0 Å². The van der Waals surface area contributed by atoms with Crippen LogP contribution in [0.1, 0.15) is 70.0 Å². The number of aromatic nitrogens is 3. The number of aliphatic hydroxyl groups excluding tert-OH is 1. The van der Waals surface area contributed by atoms with Crippen LogP contribution >= 0.6 is 0 Å². The number of halogens is 5. The number of pyridine rings is 1. The molecule has 0 saturated heterocycles. The van der Waals surface area contributed by atoms with Crippen molar-refractivity contribution >= 4 is 11.8 Å². The Labute approximate surface area is 242 Å². The van der Waals surface area contributed by atoms with Gasteiger partial charge in [-0.05, 0) is 67.1 Å². The molecule has 2 amide bonds. The molecule has 2 heterocycles. The molecule has 224 valence electrons. The number of nitrogens with two attached hydrogens (primary N) is 1. The Balaban J connectivity index is 1.53. The number of primary amides is 1. The monoisotopic (exact) mass is 599 g/mol. The average Bonchev–Trinajstić information content (AvgIpc) is 3.32. The number of carbonyl (C=O) groups is 2. The smallest absolute Gasteiger partial charge is 0.282 e. The molecule has 0 fully saturated rings. The standard InChI is InChI=1S/C30H26F5N5O3/c31-17-9-15(10-18(32)13-17)11-23(26-19(4-2-8-37-26)16-6-7-22(33)21(12-16)30(36)43)38-25(42)14-40-28-20(3-1-5-24(28)41)27(39-40)29(34)35/h2,4,6-10,12-13,23-24,29,41H,1,3,5,11,14H2,(H2,36,43)(H,38,42). The maximum absolute atomic E-state index is 14.2. The zero-order chi connectivity index (χ0) is 30.8. The normalized spacial score (nSPS) is 15.3. The molecule has 1 aliphatic carbocycles. The van der Waals surface area contributed by atoms with E-state index in [1.807, 2.05) is 0 Å². The van der Waals surface area contributed by atoms with E-state index in [1.54, 1.807) is 12.1 Å². The molecule has 2 aromatic carbocycles. The SMILES string of the molecule is NC(=O)c1cc(-c2cccnc2C(Cc2cc(F)cc(F)c2)NC(=O)Cn2nc(C(F)F)c3c2C(O)CCC3)ccc1F. The van der Waals surface area contributed by atoms with Gasteiger partial charge in [0, 0.05) is 23.4 Å². The molecule has 13 heteroatoms. The third kappa shape index (κ3) is 6.41. The fourth-order valence-electron chi connectivity index (χ4n) is 5.44. The fourth-order valence-corrected chi connectivity index (χ4v) is 5.44. The summed E-state index contributed by atoms with van der Waals surface area (Å²) in [6, 6.07) is 8.64. The highest BCUT2D eigenvalue weighted by Crippen LogP contribution is 2.36. The van der Waals surface area contributed by atoms with Crippen molar-refractivity contribution in [3.63, 3.8) is 0 Å². The van der Waals surface area contributed by atoms with Gasteiger partial charge in [-0.15, -0.1) is 0 Å². The first-order chi connectivity index (χ1) is 20.5. The number of carbonyl (C=O) groups excluding carboxylic acids is 2. The summed E-state index contributed by atoms with van der Waals surface area (Å²) in [7, 11) is 0. The lowest BCUT2D eigenvalue weighted by molar-refractivity contribution is -0.122. The summed E-state index contributed by atoms with van der Waals surface area (Å²) in [6.07, 6.45) is -1.64. The molecule has 8 nitrogen and oxygen atoms in total. The van der Waals surface area contributed by atoms with Gasteiger partial charge in [-0.25, -0.2) is 22.0 Å². The molecule has 0 spiro atoms. The Morgan fingerprint density at radius 2 is 1.81 bits per heavy atom. The van der Waals surface area contributed by atoms with E-state index in [1.165, 1.54) is 18.3 Å². The first-order valence-electron chi connectivity index (χ1n) is 13.4. The van der Waals surface area contributed by atoms with Crippen LogP contribution in [0.15, 0.2) is 54.7 Å². The van der Waals surface area contributed by atoms with Gasteiger partial charge < -0.3 is 16.2 Å². The Morgan fingerprint density at radius 1 is 1.07 bits per heavy atom. The van der Waals surface area contributed by atoms with Gasteiger partial charge in [-0.1, -0.05) is 12.1 Å². The zero-order valence-corrected chi connectivity index (χ0v) is 22.5. The van der Waals surface area contributed by atoms with Crippen molar-refractivity contribution in [2.45, 2.75) is 50.8 Å². The minimum absolute atomic E-state index is 0.143. The van der Waals surface area contributed by atoms with Gasteiger partial charge in [-0.2, -0.15) is 5.10 Å². The number of hydrogen-bond donors (Lipinski definition) is 3. The molecule has 1 aliphatic rings. The van der Waals surface area contributed by atoms with Crippen molar-refractivity contribution in [3.8, 4) is 11.1 Å². The van der Waals surface area contributed by atoms with Gasteiger partial charge in [0.15, 0.2) is 0 Å². The lowest BCUT2D eigenvalue weighted by Gasteiger charge is -2.23. The van der Waals surface area contributed by atoms with Crippen molar-refractivity contribution in [2.75, 3.05) is 0 Å². The van der Waals surface area contributed by atoms with E-state index in [2.05, 4.69) is 15.4 Å². The molecule has 43 heavy (non-hydrogen) atoms. The van der Waals surface area contributed by atoms with Gasteiger partial charge in [-0.3, -0.25) is 19.3 Å². The quantitative estimate of drug-likeness (QED) is 0.237. The second kappa shape index (κ2) is 12.3. The van der Waals surface area contributed by atoms with Crippen LogP contribution in [0.2, 0.25) is 0 Å². The van der Waals surface area contributed by atoms with Crippen LogP contribution in [0, 0.1) is 17.5 Å². The van der Waals surface area contributed by atoms with Gasteiger partial charge in [0.2, 0.25) is 5.91 Å². The molecule has 0 bridgehead atoms. The molecule has 2 aromatic heterocycles. The minimum atomic E-state index is -2.91. The van der Waals surface area contributed by atoms with Crippen LogP contribution in [-0.4, -0.2) is 31.7 Å². The number of hydrogen-bond acceptors (Lipinski definition) is 5. The number of benzene rings is 2. The topological polar surface area (TPSA) is 123 Å². The number of alkyl halides is 2. The number of amides is 2. The van der Waals surface area contributed by atoms with Crippen LogP contribution in [-0.2, 0) is 24.2 Å². The number of aliphatic hydroxyl groups is 1. The lowest BCUT2D eigenvalue weighted by atomic mass is 9.93. The van der Waals surface area contributed by atoms with Gasteiger partial charge in [0.05, 0.1) is 29.1 Å². The van der Waals surface area contributed by atoms with Crippen LogP contribution in [0.25, 0.3) is 11.1 Å². The predicted octanol–water partition coefficient (Wildman–Crippen LogP) is 4.87. The number of rotatable bonds is 9. The van der Waals surface area contributed by atoms with E-state index in [0.717, 1.165) is 22.9 Å². The molecular formula is C30H26F5N5O3. The summed E-state index contributed by atoms with van der Waals surface area (Å²) in [5.74, 6) is -4.24. The van der Waals surface area contributed by atoms with E-state index in [9.17, 15) is 36.6 Å². The Bertz CT molecular complexity index is 1670. The zero-order valence-electron chi connectivity index (χ0n) is 22.5. The summed E-state index contributed by atoms with van der Waals surface area (Å²) in [5, 5.41) is 17.2. The summed E-state index contributed by atoms with van der Waals surface area (Å²) in [6.45, 7) is -0.537. The maximum atomic E-state index is 14.2. The third-order valence-corrected chi connectivity index (χ3v) is 7.25. The predicted molar refractivity (Wildman–Crippen MR) is 144 cm³/mol. The highest BCUT2D eigenvalue weighted by atomic mass is 19.3. The molecule has 4 aromatic rings. The van der Waals surface area contributed by atoms with Crippen molar-refractivity contribution in [1.82, 2.24) is 20.1 Å². The number of nitrogens with zero attached hydrogens (tertiary/aromatic N) is 3. The van der Waals surface area contributed by atoms with E-state index < -0.39 is 60.1 Å². The van der Waals surface area contributed by atoms with Crippen molar-refractivity contribution in [3.05, 3.63) is 106 Å². The van der Waals surface area contributed by atoms with E-state index in [0.29, 0.717) is 30.0 Å². The molecule has 2 unspecified atom stereocenters. The Kier molecular flexibility index (Phi) is 8.53. The van der Waals surface area contributed by atoms with Gasteiger partial charge in [0.1, 0.15) is 29.7 Å². The largest absolute Gasteiger partial charge is 0.387 e. The van der Waals surface area contributed by atoms with Gasteiger partial charge >= 0.3 is 0 Å². The summed E-state index contributed by atoms with van der Waals surface area (Å²) < 4.78 is 70.8. The molecule has 0 saturated carbocycles. The molecule has 0 aliphatic heterocycles. The second-order valence-electron chi connectivity index (χ2n) is 10.2. The highest BCUT2D eigenvalue weighted by molar-refractivity contribution is 5.94. The molecule has 4 N–H and O–H groups in total. The Hall–Kier alpha value is -4.65. The number of nitrogens with one attached hydrogen (secondary N) is 1. The van der Waals surface area contributed by atoms with Crippen molar-refractivity contribution < 1.29 is 36.6 Å². The lowest BCUT2D eigenvalue weighted by Crippen LogP contribution is -2.34. The van der Waals surface area contributed by atoms with Crippen LogP contribution < -0.4 is 11.1 Å². The summed E-state index contributed by atoms with van der Waals surface area (Å²) in [4.78, 5) is 29.6. The van der Waals surface area contributed by atoms with E-state index in [4.69, 9.17) is 5.73 Å². The molecule has 0 radical (unpaired) electrons. The first kappa shape index (κ1) is 29.8. The Morgan fingerprint density at radius 3 is 2.51 bits per heavy atom. The van der Waals surface area contributed by atoms with Gasteiger partial charge in [0.25, 0.3) is 12.3 Å². The van der Waals surface area contributed by atoms with Crippen molar-refractivity contribution in [2.24, 2.45) is 5.73 Å². The van der Waals surface area contributed by atoms with E-state index >= 15 is 0 Å². The second-order valence-corrected chi connectivity index (χ2v) is 10.2. The summed E-state index contributed by atoms with van der Waals surface area (Å²) >= 11 is 0. The first-order valence-corrected chi connectivity index (χ1v) is 13.4. The molecular weight excluding hydrogens is 573 g/mol. The third-order valence-electron chi connectivity index (χ3n) is 7.25. The van der Waals surface area contributed by atoms with E-state index in [-0.39, 0.29) is 40.9 Å². The fraction of sp³-hybridized carbons (Fsp3) is 0.267. The average molecular weight is 600 g/mol.